The van der Waals surface area contributed by atoms with Crippen LogP contribution in [-0.4, -0.2) is 90.8 Å². The maximum Gasteiger partial charge on any atom is 0.225 e. The SMILES string of the molecule is OCCNc1nc(N2CCOCC2)c2ncnc(N3CCOCC3)c2n1. The number of nitrogens with zero attached hydrogens (tertiary/aromatic N) is 6. The van der Waals surface area contributed by atoms with Crippen LogP contribution >= 0.6 is 0 Å². The first-order valence-corrected chi connectivity index (χ1v) is 8.89. The van der Waals surface area contributed by atoms with Gasteiger partial charge in [0.15, 0.2) is 11.6 Å². The van der Waals surface area contributed by atoms with Gasteiger partial charge in [0.05, 0.1) is 33.0 Å². The summed E-state index contributed by atoms with van der Waals surface area (Å²) < 4.78 is 10.9. The quantitative estimate of drug-likeness (QED) is 0.723. The standard InChI is InChI=1S/C16H23N7O3/c24-6-1-17-16-20-13-12(15(21-16)23-4-9-26-10-5-23)18-11-19-14(13)22-2-7-25-8-3-22/h11,24H,1-10H2,(H,17,20,21). The number of anilines is 3. The lowest BCUT2D eigenvalue weighted by Gasteiger charge is -2.30. The predicted molar refractivity (Wildman–Crippen MR) is 96.8 cm³/mol. The van der Waals surface area contributed by atoms with E-state index in [-0.39, 0.29) is 6.61 Å². The summed E-state index contributed by atoms with van der Waals surface area (Å²) in [5.41, 5.74) is 1.45. The maximum atomic E-state index is 9.13. The van der Waals surface area contributed by atoms with Crippen molar-refractivity contribution in [2.75, 3.05) is 80.9 Å². The molecule has 2 aliphatic rings. The number of ether oxygens (including phenoxy) is 2. The molecule has 2 N–H and O–H groups in total. The molecule has 0 aromatic carbocycles. The van der Waals surface area contributed by atoms with Crippen molar-refractivity contribution in [3.05, 3.63) is 6.33 Å². The van der Waals surface area contributed by atoms with E-state index in [2.05, 4.69) is 35.1 Å². The predicted octanol–water partition coefficient (Wildman–Crippen LogP) is -0.503. The van der Waals surface area contributed by atoms with Crippen molar-refractivity contribution in [1.29, 1.82) is 0 Å². The molecule has 2 fully saturated rings. The Bertz CT molecular complexity index is 748. The van der Waals surface area contributed by atoms with Gasteiger partial charge in [0.2, 0.25) is 5.95 Å². The van der Waals surface area contributed by atoms with Crippen LogP contribution in [0.15, 0.2) is 6.33 Å². The number of aliphatic hydroxyl groups excluding tert-OH is 1. The molecule has 10 heteroatoms. The van der Waals surface area contributed by atoms with Crippen LogP contribution in [0.3, 0.4) is 0 Å². The van der Waals surface area contributed by atoms with Gasteiger partial charge in [-0.15, -0.1) is 0 Å². The third-order valence-corrected chi connectivity index (χ3v) is 4.46. The van der Waals surface area contributed by atoms with Crippen LogP contribution in [0.1, 0.15) is 0 Å². The van der Waals surface area contributed by atoms with Gasteiger partial charge >= 0.3 is 0 Å². The minimum atomic E-state index is 0.00982. The fourth-order valence-corrected chi connectivity index (χ4v) is 3.17. The van der Waals surface area contributed by atoms with Crippen molar-refractivity contribution in [1.82, 2.24) is 19.9 Å². The molecule has 0 bridgehead atoms. The van der Waals surface area contributed by atoms with Crippen LogP contribution in [0, 0.1) is 0 Å². The van der Waals surface area contributed by atoms with E-state index >= 15 is 0 Å². The zero-order valence-electron chi connectivity index (χ0n) is 14.6. The van der Waals surface area contributed by atoms with E-state index < -0.39 is 0 Å². The second-order valence-corrected chi connectivity index (χ2v) is 6.11. The van der Waals surface area contributed by atoms with E-state index in [1.807, 2.05) is 0 Å². The summed E-state index contributed by atoms with van der Waals surface area (Å²) in [6.45, 7) is 6.09. The number of aliphatic hydroxyl groups is 1. The topological polar surface area (TPSA) is 109 Å². The highest BCUT2D eigenvalue weighted by atomic mass is 16.5. The van der Waals surface area contributed by atoms with Crippen LogP contribution in [0.4, 0.5) is 17.6 Å². The average molecular weight is 361 g/mol. The number of nitrogens with one attached hydrogen (secondary N) is 1. The van der Waals surface area contributed by atoms with E-state index in [9.17, 15) is 0 Å². The fourth-order valence-electron chi connectivity index (χ4n) is 3.17. The first kappa shape index (κ1) is 17.1. The van der Waals surface area contributed by atoms with Gasteiger partial charge in [0.25, 0.3) is 0 Å². The minimum absolute atomic E-state index is 0.00982. The normalized spacial score (nSPS) is 18.3. The second kappa shape index (κ2) is 7.94. The number of morpholine rings is 2. The van der Waals surface area contributed by atoms with Gasteiger partial charge < -0.3 is 29.7 Å². The molecule has 2 aromatic heterocycles. The van der Waals surface area contributed by atoms with Crippen LogP contribution in [0.2, 0.25) is 0 Å². The van der Waals surface area contributed by atoms with Crippen molar-refractivity contribution < 1.29 is 14.6 Å². The van der Waals surface area contributed by atoms with Crippen LogP contribution in [0.5, 0.6) is 0 Å². The van der Waals surface area contributed by atoms with Gasteiger partial charge in [-0.3, -0.25) is 0 Å². The lowest BCUT2D eigenvalue weighted by Crippen LogP contribution is -2.38. The Morgan fingerprint density at radius 3 is 2.19 bits per heavy atom. The number of rotatable bonds is 5. The number of fused-ring (bicyclic) bond motifs is 1. The van der Waals surface area contributed by atoms with Gasteiger partial charge in [0.1, 0.15) is 17.4 Å². The largest absolute Gasteiger partial charge is 0.395 e. The highest BCUT2D eigenvalue weighted by Gasteiger charge is 2.23. The molecule has 0 aliphatic carbocycles. The Kier molecular flexibility index (Phi) is 5.23. The highest BCUT2D eigenvalue weighted by Crippen LogP contribution is 2.29. The molecule has 10 nitrogen and oxygen atoms in total. The summed E-state index contributed by atoms with van der Waals surface area (Å²) in [4.78, 5) is 22.6. The summed E-state index contributed by atoms with van der Waals surface area (Å²) >= 11 is 0. The molecule has 0 radical (unpaired) electrons. The smallest absolute Gasteiger partial charge is 0.225 e. The van der Waals surface area contributed by atoms with E-state index in [1.165, 1.54) is 0 Å². The van der Waals surface area contributed by atoms with Gasteiger partial charge in [-0.05, 0) is 0 Å². The van der Waals surface area contributed by atoms with Crippen LogP contribution < -0.4 is 15.1 Å². The first-order chi connectivity index (χ1) is 12.9. The lowest BCUT2D eigenvalue weighted by atomic mass is 10.3. The van der Waals surface area contributed by atoms with Gasteiger partial charge in [0, 0.05) is 32.7 Å². The van der Waals surface area contributed by atoms with Crippen molar-refractivity contribution in [3.8, 4) is 0 Å². The first-order valence-electron chi connectivity index (χ1n) is 8.89. The zero-order valence-corrected chi connectivity index (χ0v) is 14.6. The molecule has 26 heavy (non-hydrogen) atoms. The van der Waals surface area contributed by atoms with Crippen LogP contribution in [0.25, 0.3) is 11.0 Å². The van der Waals surface area contributed by atoms with Crippen molar-refractivity contribution in [2.45, 2.75) is 0 Å². The summed E-state index contributed by atoms with van der Waals surface area (Å²) in [5, 5.41) is 12.2. The highest BCUT2D eigenvalue weighted by molar-refractivity contribution is 5.94. The third-order valence-electron chi connectivity index (χ3n) is 4.46. The molecule has 0 spiro atoms. The molecule has 2 aliphatic heterocycles. The fraction of sp³-hybridized carbons (Fsp3) is 0.625. The molecule has 0 saturated carbocycles. The van der Waals surface area contributed by atoms with E-state index in [0.717, 1.165) is 43.3 Å². The number of aromatic nitrogens is 4. The summed E-state index contributed by atoms with van der Waals surface area (Å²) in [6.07, 6.45) is 1.57. The molecule has 2 saturated heterocycles. The van der Waals surface area contributed by atoms with E-state index in [4.69, 9.17) is 14.6 Å². The van der Waals surface area contributed by atoms with E-state index in [0.29, 0.717) is 44.4 Å². The van der Waals surface area contributed by atoms with E-state index in [1.54, 1.807) is 6.33 Å². The molecule has 4 rings (SSSR count). The van der Waals surface area contributed by atoms with Crippen molar-refractivity contribution in [2.24, 2.45) is 0 Å². The molecule has 4 heterocycles. The maximum absolute atomic E-state index is 9.13. The summed E-state index contributed by atoms with van der Waals surface area (Å²) in [5.74, 6) is 2.04. The van der Waals surface area contributed by atoms with Gasteiger partial charge in [-0.2, -0.15) is 4.98 Å². The Hall–Kier alpha value is -2.30. The summed E-state index contributed by atoms with van der Waals surface area (Å²) in [6, 6.07) is 0. The molecular weight excluding hydrogens is 338 g/mol. The number of hydrogen-bond acceptors (Lipinski definition) is 10. The average Bonchev–Trinajstić information content (AvgIpc) is 2.72. The van der Waals surface area contributed by atoms with Crippen molar-refractivity contribution in [3.63, 3.8) is 0 Å². The van der Waals surface area contributed by atoms with Crippen molar-refractivity contribution >= 4 is 28.6 Å². The monoisotopic (exact) mass is 361 g/mol. The van der Waals surface area contributed by atoms with Crippen LogP contribution in [-0.2, 0) is 9.47 Å². The third kappa shape index (κ3) is 3.48. The lowest BCUT2D eigenvalue weighted by molar-refractivity contribution is 0.122. The molecule has 140 valence electrons. The van der Waals surface area contributed by atoms with Gasteiger partial charge in [-0.25, -0.2) is 15.0 Å². The second-order valence-electron chi connectivity index (χ2n) is 6.11. The van der Waals surface area contributed by atoms with Gasteiger partial charge in [-0.1, -0.05) is 0 Å². The zero-order chi connectivity index (χ0) is 17.8. The number of hydrogen-bond donors (Lipinski definition) is 2. The molecular formula is C16H23N7O3. The molecule has 2 aromatic rings. The molecule has 0 atom stereocenters. The Morgan fingerprint density at radius 2 is 1.54 bits per heavy atom. The Balaban J connectivity index is 1.80. The Labute approximate surface area is 151 Å². The Morgan fingerprint density at radius 1 is 0.885 bits per heavy atom. The molecule has 0 amide bonds. The molecule has 0 unspecified atom stereocenters. The summed E-state index contributed by atoms with van der Waals surface area (Å²) in [7, 11) is 0. The minimum Gasteiger partial charge on any atom is -0.395 e.